The summed E-state index contributed by atoms with van der Waals surface area (Å²) in [6.45, 7) is 0. The lowest BCUT2D eigenvalue weighted by molar-refractivity contribution is 0.0994. The number of carbonyl (C=O) groups excluding carboxylic acids is 1. The number of rotatable bonds is 2. The lowest BCUT2D eigenvalue weighted by atomic mass is 9.79. The second kappa shape index (κ2) is 4.59. The van der Waals surface area contributed by atoms with Gasteiger partial charge in [-0.2, -0.15) is 0 Å². The van der Waals surface area contributed by atoms with Crippen molar-refractivity contribution in [1.29, 1.82) is 0 Å². The quantitative estimate of drug-likeness (QED) is 0.763. The standard InChI is InChI=1S/C19H18O/c20-19-11-10-17-16(8-3-9-18(17)19)15-7-2-6-14(12-15)13-4-1-5-13/h2-3,6-9,12-13H,1,4-5,10-11H2. The molecule has 0 radical (unpaired) electrons. The molecule has 1 saturated carbocycles. The van der Waals surface area contributed by atoms with E-state index in [1.54, 1.807) is 0 Å². The van der Waals surface area contributed by atoms with Crippen LogP contribution < -0.4 is 0 Å². The lowest BCUT2D eigenvalue weighted by Crippen LogP contribution is -2.08. The van der Waals surface area contributed by atoms with Gasteiger partial charge >= 0.3 is 0 Å². The first-order chi connectivity index (χ1) is 9.83. The summed E-state index contributed by atoms with van der Waals surface area (Å²) in [6, 6.07) is 15.1. The Labute approximate surface area is 119 Å². The molecule has 0 atom stereocenters. The van der Waals surface area contributed by atoms with Gasteiger partial charge in [0.25, 0.3) is 0 Å². The van der Waals surface area contributed by atoms with Gasteiger partial charge in [0.2, 0.25) is 0 Å². The first-order valence-corrected chi connectivity index (χ1v) is 7.58. The van der Waals surface area contributed by atoms with Crippen LogP contribution in [0.1, 0.15) is 53.1 Å². The molecule has 0 aromatic heterocycles. The molecular formula is C19H18O. The maximum absolute atomic E-state index is 11.9. The molecule has 4 rings (SSSR count). The molecule has 0 aliphatic heterocycles. The van der Waals surface area contributed by atoms with E-state index in [1.165, 1.54) is 41.5 Å². The minimum absolute atomic E-state index is 0.303. The van der Waals surface area contributed by atoms with Gasteiger partial charge in [-0.05, 0) is 47.4 Å². The fraction of sp³-hybridized carbons (Fsp3) is 0.316. The van der Waals surface area contributed by atoms with E-state index in [4.69, 9.17) is 0 Å². The lowest BCUT2D eigenvalue weighted by Gasteiger charge is -2.26. The fourth-order valence-electron chi connectivity index (χ4n) is 3.46. The Morgan fingerprint density at radius 2 is 1.70 bits per heavy atom. The van der Waals surface area contributed by atoms with Gasteiger partial charge in [0.15, 0.2) is 5.78 Å². The largest absolute Gasteiger partial charge is 0.294 e. The molecule has 0 N–H and O–H groups in total. The maximum atomic E-state index is 11.9. The summed E-state index contributed by atoms with van der Waals surface area (Å²) in [5.74, 6) is 1.06. The molecule has 0 saturated heterocycles. The molecule has 2 aliphatic carbocycles. The Bertz CT molecular complexity index is 680. The van der Waals surface area contributed by atoms with Crippen LogP contribution in [0.2, 0.25) is 0 Å². The Balaban J connectivity index is 1.80. The van der Waals surface area contributed by atoms with Gasteiger partial charge in [0.05, 0.1) is 0 Å². The zero-order valence-corrected chi connectivity index (χ0v) is 11.6. The molecule has 0 bridgehead atoms. The van der Waals surface area contributed by atoms with Crippen molar-refractivity contribution in [2.24, 2.45) is 0 Å². The van der Waals surface area contributed by atoms with Gasteiger partial charge < -0.3 is 0 Å². The third kappa shape index (κ3) is 1.81. The molecule has 1 nitrogen and oxygen atoms in total. The van der Waals surface area contributed by atoms with Crippen LogP contribution >= 0.6 is 0 Å². The number of hydrogen-bond acceptors (Lipinski definition) is 1. The summed E-state index contributed by atoms with van der Waals surface area (Å²) in [4.78, 5) is 11.9. The van der Waals surface area contributed by atoms with Gasteiger partial charge in [-0.25, -0.2) is 0 Å². The van der Waals surface area contributed by atoms with Crippen LogP contribution in [0.5, 0.6) is 0 Å². The van der Waals surface area contributed by atoms with Gasteiger partial charge in [-0.15, -0.1) is 0 Å². The highest BCUT2D eigenvalue weighted by Gasteiger charge is 2.23. The first kappa shape index (κ1) is 11.9. The minimum Gasteiger partial charge on any atom is -0.294 e. The Kier molecular flexibility index (Phi) is 2.73. The second-order valence-electron chi connectivity index (χ2n) is 6.01. The average Bonchev–Trinajstić information content (AvgIpc) is 2.79. The molecule has 1 fully saturated rings. The van der Waals surface area contributed by atoms with E-state index in [2.05, 4.69) is 30.3 Å². The van der Waals surface area contributed by atoms with Crippen molar-refractivity contribution >= 4 is 5.78 Å². The Morgan fingerprint density at radius 1 is 0.900 bits per heavy atom. The van der Waals surface area contributed by atoms with E-state index in [-0.39, 0.29) is 0 Å². The van der Waals surface area contributed by atoms with Crippen molar-refractivity contribution < 1.29 is 4.79 Å². The van der Waals surface area contributed by atoms with Gasteiger partial charge in [-0.1, -0.05) is 48.9 Å². The molecule has 0 unspecified atom stereocenters. The highest BCUT2D eigenvalue weighted by atomic mass is 16.1. The van der Waals surface area contributed by atoms with E-state index < -0.39 is 0 Å². The number of fused-ring (bicyclic) bond motifs is 1. The zero-order valence-electron chi connectivity index (χ0n) is 11.6. The van der Waals surface area contributed by atoms with Gasteiger partial charge in [-0.3, -0.25) is 4.79 Å². The number of ketones is 1. The first-order valence-electron chi connectivity index (χ1n) is 7.58. The van der Waals surface area contributed by atoms with E-state index in [0.29, 0.717) is 12.2 Å². The van der Waals surface area contributed by atoms with Gasteiger partial charge in [0.1, 0.15) is 0 Å². The molecular weight excluding hydrogens is 244 g/mol. The zero-order chi connectivity index (χ0) is 13.5. The van der Waals surface area contributed by atoms with Gasteiger partial charge in [0, 0.05) is 12.0 Å². The highest BCUT2D eigenvalue weighted by molar-refractivity contribution is 6.02. The van der Waals surface area contributed by atoms with Crippen molar-refractivity contribution in [3.05, 3.63) is 59.2 Å². The van der Waals surface area contributed by atoms with Crippen LogP contribution in [0.4, 0.5) is 0 Å². The smallest absolute Gasteiger partial charge is 0.163 e. The van der Waals surface area contributed by atoms with Crippen LogP contribution in [0, 0.1) is 0 Å². The van der Waals surface area contributed by atoms with Crippen LogP contribution in [0.3, 0.4) is 0 Å². The van der Waals surface area contributed by atoms with Crippen molar-refractivity contribution in [3.8, 4) is 11.1 Å². The van der Waals surface area contributed by atoms with Crippen LogP contribution in [-0.4, -0.2) is 5.78 Å². The van der Waals surface area contributed by atoms with Crippen molar-refractivity contribution in [2.75, 3.05) is 0 Å². The summed E-state index contributed by atoms with van der Waals surface area (Å²) in [5, 5.41) is 0. The summed E-state index contributed by atoms with van der Waals surface area (Å²) in [7, 11) is 0. The maximum Gasteiger partial charge on any atom is 0.163 e. The van der Waals surface area contributed by atoms with Crippen LogP contribution in [-0.2, 0) is 6.42 Å². The van der Waals surface area contributed by atoms with Crippen LogP contribution in [0.25, 0.3) is 11.1 Å². The molecule has 20 heavy (non-hydrogen) atoms. The molecule has 2 aliphatic rings. The highest BCUT2D eigenvalue weighted by Crippen LogP contribution is 2.39. The molecule has 0 amide bonds. The Morgan fingerprint density at radius 3 is 2.50 bits per heavy atom. The molecule has 2 aromatic rings. The summed E-state index contributed by atoms with van der Waals surface area (Å²) in [6.07, 6.45) is 5.60. The molecule has 100 valence electrons. The summed E-state index contributed by atoms with van der Waals surface area (Å²) in [5.41, 5.74) is 6.20. The SMILES string of the molecule is O=C1CCc2c1cccc2-c1cccc(C2CCC2)c1. The monoisotopic (exact) mass is 262 g/mol. The third-order valence-electron chi connectivity index (χ3n) is 4.85. The van der Waals surface area contributed by atoms with E-state index in [0.717, 1.165) is 17.9 Å². The minimum atomic E-state index is 0.303. The molecule has 0 heterocycles. The van der Waals surface area contributed by atoms with E-state index in [1.807, 2.05) is 12.1 Å². The predicted octanol–water partition coefficient (Wildman–Crippen LogP) is 4.75. The fourth-order valence-corrected chi connectivity index (χ4v) is 3.46. The molecule has 1 heteroatoms. The number of hydrogen-bond donors (Lipinski definition) is 0. The van der Waals surface area contributed by atoms with Crippen molar-refractivity contribution in [1.82, 2.24) is 0 Å². The number of benzene rings is 2. The predicted molar refractivity (Wildman–Crippen MR) is 81.1 cm³/mol. The second-order valence-corrected chi connectivity index (χ2v) is 6.01. The number of carbonyl (C=O) groups is 1. The Hall–Kier alpha value is -1.89. The van der Waals surface area contributed by atoms with Crippen LogP contribution in [0.15, 0.2) is 42.5 Å². The normalized spacial score (nSPS) is 17.9. The summed E-state index contributed by atoms with van der Waals surface area (Å²) < 4.78 is 0. The third-order valence-corrected chi connectivity index (χ3v) is 4.85. The van der Waals surface area contributed by atoms with E-state index in [9.17, 15) is 4.79 Å². The molecule has 0 spiro atoms. The topological polar surface area (TPSA) is 17.1 Å². The molecule has 2 aromatic carbocycles. The van der Waals surface area contributed by atoms with E-state index >= 15 is 0 Å². The number of Topliss-reactive ketones (excluding diaryl/α,β-unsaturated/α-hetero) is 1. The van der Waals surface area contributed by atoms with Crippen molar-refractivity contribution in [3.63, 3.8) is 0 Å². The average molecular weight is 262 g/mol. The summed E-state index contributed by atoms with van der Waals surface area (Å²) >= 11 is 0. The van der Waals surface area contributed by atoms with Crippen molar-refractivity contribution in [2.45, 2.75) is 38.0 Å².